The Bertz CT molecular complexity index is 1780. The van der Waals surface area contributed by atoms with E-state index >= 15 is 0 Å². The van der Waals surface area contributed by atoms with Crippen LogP contribution in [0.2, 0.25) is 0 Å². The van der Waals surface area contributed by atoms with Crippen LogP contribution in [-0.2, 0) is 54.4 Å². The molecule has 1 aromatic rings. The van der Waals surface area contributed by atoms with Crippen molar-refractivity contribution in [1.82, 2.24) is 37.2 Å². The van der Waals surface area contributed by atoms with Crippen LogP contribution in [0.1, 0.15) is 90.5 Å². The van der Waals surface area contributed by atoms with E-state index in [0.29, 0.717) is 37.7 Å². The number of amides is 7. The van der Waals surface area contributed by atoms with Crippen molar-refractivity contribution >= 4 is 59.3 Å². The molecule has 0 spiro atoms. The Kier molecular flexibility index (Phi) is 26.0. The van der Waals surface area contributed by atoms with Crippen LogP contribution < -0.4 is 54.4 Å². The number of carbonyl (C=O) groups is 10. The van der Waals surface area contributed by atoms with Gasteiger partial charge in [0.15, 0.2) is 0 Å². The lowest BCUT2D eigenvalue weighted by atomic mass is 9.97. The normalized spacial score (nSPS) is 14.6. The number of aliphatic carboxylic acids is 3. The lowest BCUT2D eigenvalue weighted by Crippen LogP contribution is -2.60. The van der Waals surface area contributed by atoms with Gasteiger partial charge < -0.3 is 74.8 Å². The third-order valence-electron chi connectivity index (χ3n) is 10.1. The average molecular weight is 923 g/mol. The summed E-state index contributed by atoms with van der Waals surface area (Å²) in [5, 5.41) is 54.7. The number of hydrogen-bond acceptors (Lipinski definition) is 14. The van der Waals surface area contributed by atoms with Gasteiger partial charge in [-0.3, -0.25) is 43.2 Å². The van der Waals surface area contributed by atoms with Gasteiger partial charge in [-0.15, -0.1) is 0 Å². The van der Waals surface area contributed by atoms with Crippen molar-refractivity contribution in [3.63, 3.8) is 0 Å². The van der Waals surface area contributed by atoms with E-state index in [1.165, 1.54) is 31.2 Å². The first-order valence-corrected chi connectivity index (χ1v) is 21.3. The van der Waals surface area contributed by atoms with Crippen molar-refractivity contribution < 1.29 is 68.4 Å². The molecular weight excluding hydrogens is 857 g/mol. The van der Waals surface area contributed by atoms with E-state index in [1.54, 1.807) is 13.8 Å². The molecule has 0 aliphatic rings. The lowest BCUT2D eigenvalue weighted by Gasteiger charge is -2.28. The third kappa shape index (κ3) is 22.2. The minimum absolute atomic E-state index is 0.0255. The van der Waals surface area contributed by atoms with Gasteiger partial charge in [0.05, 0.1) is 19.0 Å². The van der Waals surface area contributed by atoms with Gasteiger partial charge in [-0.1, -0.05) is 32.4 Å². The highest BCUT2D eigenvalue weighted by Crippen LogP contribution is 2.14. The summed E-state index contributed by atoms with van der Waals surface area (Å²) in [5.41, 5.74) is 17.3. The fraction of sp³-hybridized carbons (Fsp3) is 0.610. The number of nitrogens with one attached hydrogen (secondary N) is 7. The number of phenolic OH excluding ortho intramolecular Hbond substituents is 1. The van der Waals surface area contributed by atoms with E-state index in [1.807, 2.05) is 0 Å². The second-order valence-corrected chi connectivity index (χ2v) is 15.6. The molecule has 0 saturated heterocycles. The molecular formula is C41H66N10O14. The van der Waals surface area contributed by atoms with Crippen molar-refractivity contribution in [1.29, 1.82) is 0 Å². The molecule has 0 bridgehead atoms. The zero-order valence-corrected chi connectivity index (χ0v) is 36.9. The molecule has 24 heteroatoms. The van der Waals surface area contributed by atoms with Crippen LogP contribution in [0.5, 0.6) is 5.75 Å². The number of carboxylic acid groups (broad SMARTS) is 3. The molecule has 65 heavy (non-hydrogen) atoms. The van der Waals surface area contributed by atoms with Gasteiger partial charge in [0, 0.05) is 12.8 Å². The number of carboxylic acids is 3. The van der Waals surface area contributed by atoms with Crippen LogP contribution in [0.3, 0.4) is 0 Å². The standard InChI is InChI=1S/C41H66N10O14/c1-4-22(2)34(51-35(58)23(3)44)40(63)48-28(15-16-32(54)55)39(62)47-27(10-6-8-18-43)38(61)49-29(19-24-11-13-25(52)14-12-24)36(59)45-21-31(53)46-26(9-5-7-17-42)37(60)50-30(41(64)65)20-33(56)57/h11-14,22-23,26-30,34,52H,4-10,15-21,42-44H2,1-3H3,(H,45,59)(H,46,53)(H,47,62)(H,48,63)(H,49,61)(H,50,60)(H,51,58)(H,54,55)(H,56,57)(H,64,65)/t22-,23-,26-,27-,28-,29-,30-,34-/m0/s1. The van der Waals surface area contributed by atoms with Gasteiger partial charge in [0.25, 0.3) is 0 Å². The first-order valence-electron chi connectivity index (χ1n) is 21.3. The Labute approximate surface area is 376 Å². The molecule has 7 amide bonds. The summed E-state index contributed by atoms with van der Waals surface area (Å²) >= 11 is 0. The van der Waals surface area contributed by atoms with Crippen LogP contribution in [0.4, 0.5) is 0 Å². The van der Waals surface area contributed by atoms with E-state index in [4.69, 9.17) is 22.3 Å². The molecule has 0 unspecified atom stereocenters. The largest absolute Gasteiger partial charge is 0.508 e. The van der Waals surface area contributed by atoms with Crippen LogP contribution in [-0.4, -0.2) is 142 Å². The Morgan fingerprint density at radius 1 is 0.585 bits per heavy atom. The Morgan fingerprint density at radius 2 is 1.08 bits per heavy atom. The summed E-state index contributed by atoms with van der Waals surface area (Å²) in [6.45, 7) is 4.55. The van der Waals surface area contributed by atoms with Gasteiger partial charge in [-0.2, -0.15) is 0 Å². The summed E-state index contributed by atoms with van der Waals surface area (Å²) in [6, 6.07) is -4.04. The monoisotopic (exact) mass is 922 g/mol. The lowest BCUT2D eigenvalue weighted by molar-refractivity contribution is -0.147. The molecule has 24 nitrogen and oxygen atoms in total. The van der Waals surface area contributed by atoms with Crippen LogP contribution in [0, 0.1) is 5.92 Å². The molecule has 0 aliphatic carbocycles. The molecule has 0 aromatic heterocycles. The summed E-state index contributed by atoms with van der Waals surface area (Å²) in [6.07, 6.45) is -0.352. The maximum Gasteiger partial charge on any atom is 0.326 e. The van der Waals surface area contributed by atoms with E-state index in [2.05, 4.69) is 37.2 Å². The number of hydrogen-bond donors (Lipinski definition) is 14. The molecule has 1 aromatic carbocycles. The Balaban J connectivity index is 3.41. The van der Waals surface area contributed by atoms with E-state index < -0.39 is 133 Å². The minimum atomic E-state index is -1.81. The van der Waals surface area contributed by atoms with Gasteiger partial charge in [0.1, 0.15) is 42.0 Å². The molecule has 0 aliphatic heterocycles. The topological polar surface area (TPSA) is 414 Å². The highest BCUT2D eigenvalue weighted by atomic mass is 16.4. The van der Waals surface area contributed by atoms with E-state index in [9.17, 15) is 63.3 Å². The van der Waals surface area contributed by atoms with E-state index in [0.717, 1.165) is 0 Å². The SMILES string of the molecule is CC[C@H](C)[C@H](NC(=O)[C@H](C)N)C(=O)N[C@@H](CCC(=O)O)C(=O)N[C@@H](CCCCN)C(=O)N[C@@H](Cc1ccc(O)cc1)C(=O)NCC(=O)N[C@@H](CCCCN)C(=O)N[C@@H](CC(=O)O)C(=O)O. The van der Waals surface area contributed by atoms with Crippen molar-refractivity contribution in [3.8, 4) is 5.75 Å². The number of carbonyl (C=O) groups excluding carboxylic acids is 7. The molecule has 0 fully saturated rings. The van der Waals surface area contributed by atoms with Crippen molar-refractivity contribution in [3.05, 3.63) is 29.8 Å². The molecule has 364 valence electrons. The average Bonchev–Trinajstić information content (AvgIpc) is 3.24. The highest BCUT2D eigenvalue weighted by molar-refractivity contribution is 5.97. The molecule has 8 atom stereocenters. The maximum absolute atomic E-state index is 14.0. The molecule has 0 radical (unpaired) electrons. The number of benzene rings is 1. The number of nitrogens with two attached hydrogens (primary N) is 3. The van der Waals surface area contributed by atoms with Crippen LogP contribution in [0.25, 0.3) is 0 Å². The summed E-state index contributed by atoms with van der Waals surface area (Å²) < 4.78 is 0. The Morgan fingerprint density at radius 3 is 1.55 bits per heavy atom. The fourth-order valence-corrected chi connectivity index (χ4v) is 6.11. The minimum Gasteiger partial charge on any atom is -0.508 e. The number of phenols is 1. The first-order chi connectivity index (χ1) is 30.6. The molecule has 1 rings (SSSR count). The smallest absolute Gasteiger partial charge is 0.326 e. The van der Waals surface area contributed by atoms with Gasteiger partial charge in [0.2, 0.25) is 41.4 Å². The summed E-state index contributed by atoms with van der Waals surface area (Å²) in [5.74, 6) is -11.1. The number of aromatic hydroxyl groups is 1. The second kappa shape index (κ2) is 29.9. The molecule has 0 saturated carbocycles. The number of unbranched alkanes of at least 4 members (excludes halogenated alkanes) is 2. The summed E-state index contributed by atoms with van der Waals surface area (Å²) in [4.78, 5) is 128. The van der Waals surface area contributed by atoms with E-state index in [-0.39, 0.29) is 38.1 Å². The van der Waals surface area contributed by atoms with Crippen molar-refractivity contribution in [2.24, 2.45) is 23.1 Å². The first kappa shape index (κ1) is 56.6. The third-order valence-corrected chi connectivity index (χ3v) is 10.1. The van der Waals surface area contributed by atoms with Crippen LogP contribution in [0.15, 0.2) is 24.3 Å². The molecule has 0 heterocycles. The number of rotatable bonds is 32. The summed E-state index contributed by atoms with van der Waals surface area (Å²) in [7, 11) is 0. The Hall–Kier alpha value is -6.40. The zero-order valence-electron chi connectivity index (χ0n) is 36.9. The van der Waals surface area contributed by atoms with Crippen LogP contribution >= 0.6 is 0 Å². The van der Waals surface area contributed by atoms with Gasteiger partial charge in [-0.25, -0.2) is 4.79 Å². The second-order valence-electron chi connectivity index (χ2n) is 15.6. The fourth-order valence-electron chi connectivity index (χ4n) is 6.11. The quantitative estimate of drug-likeness (QED) is 0.0321. The molecule has 17 N–H and O–H groups in total. The maximum atomic E-state index is 14.0. The highest BCUT2D eigenvalue weighted by Gasteiger charge is 2.34. The van der Waals surface area contributed by atoms with Crippen molar-refractivity contribution in [2.75, 3.05) is 19.6 Å². The van der Waals surface area contributed by atoms with Crippen molar-refractivity contribution in [2.45, 2.75) is 134 Å². The predicted molar refractivity (Wildman–Crippen MR) is 232 cm³/mol. The van der Waals surface area contributed by atoms with Gasteiger partial charge in [-0.05, 0) is 88.6 Å². The zero-order chi connectivity index (χ0) is 49.2. The van der Waals surface area contributed by atoms with Gasteiger partial charge >= 0.3 is 17.9 Å². The predicted octanol–water partition coefficient (Wildman–Crippen LogP) is -2.96.